The van der Waals surface area contributed by atoms with Gasteiger partial charge in [0.2, 0.25) is 4.75 Å². The number of ether oxygens (including phenoxy) is 1. The van der Waals surface area contributed by atoms with Gasteiger partial charge in [-0.3, -0.25) is 0 Å². The second-order valence-corrected chi connectivity index (χ2v) is 4.10. The molecule has 0 saturated heterocycles. The van der Waals surface area contributed by atoms with Crippen LogP contribution in [-0.4, -0.2) is 18.8 Å². The van der Waals surface area contributed by atoms with E-state index in [0.29, 0.717) is 5.56 Å². The van der Waals surface area contributed by atoms with Crippen LogP contribution < -0.4 is 0 Å². The summed E-state index contributed by atoms with van der Waals surface area (Å²) in [5.41, 5.74) is 0.656. The molecule has 1 aromatic carbocycles. The third kappa shape index (κ3) is 2.20. The number of hydrogen-bond acceptors (Lipinski definition) is 4. The van der Waals surface area contributed by atoms with E-state index in [1.165, 1.54) is 11.8 Å². The van der Waals surface area contributed by atoms with Crippen molar-refractivity contribution in [2.45, 2.75) is 11.7 Å². The quantitative estimate of drug-likeness (QED) is 0.751. The number of hydrogen-bond donors (Lipinski definition) is 0. The highest BCUT2D eigenvalue weighted by Gasteiger charge is 2.41. The molecule has 0 aliphatic rings. The first-order valence-corrected chi connectivity index (χ1v) is 6.13. The summed E-state index contributed by atoms with van der Waals surface area (Å²) >= 11 is 1.18. The molecule has 1 unspecified atom stereocenters. The van der Waals surface area contributed by atoms with Gasteiger partial charge in [0.05, 0.1) is 12.7 Å². The van der Waals surface area contributed by atoms with Crippen molar-refractivity contribution in [2.75, 3.05) is 12.9 Å². The van der Waals surface area contributed by atoms with E-state index in [1.54, 1.807) is 37.4 Å². The average molecular weight is 235 g/mol. The molecule has 1 rings (SSSR count). The molecule has 4 heteroatoms. The lowest BCUT2D eigenvalue weighted by atomic mass is 10.00. The summed E-state index contributed by atoms with van der Waals surface area (Å²) in [6, 6.07) is 11.0. The van der Waals surface area contributed by atoms with Gasteiger partial charge in [-0.15, -0.1) is 11.8 Å². The number of carbonyl (C=O) groups is 1. The fourth-order valence-corrected chi connectivity index (χ4v) is 2.07. The SMILES string of the molecule is CCOC(=O)C(C#N)(SC)c1ccccc1. The molecular weight excluding hydrogens is 222 g/mol. The molecule has 84 valence electrons. The molecule has 1 aromatic rings. The van der Waals surface area contributed by atoms with Crippen molar-refractivity contribution in [3.63, 3.8) is 0 Å². The molecule has 3 nitrogen and oxygen atoms in total. The summed E-state index contributed by atoms with van der Waals surface area (Å²) in [6.45, 7) is 2.00. The predicted molar refractivity (Wildman–Crippen MR) is 63.9 cm³/mol. The zero-order valence-electron chi connectivity index (χ0n) is 9.27. The van der Waals surface area contributed by atoms with Crippen molar-refractivity contribution in [1.29, 1.82) is 5.26 Å². The van der Waals surface area contributed by atoms with Gasteiger partial charge in [-0.25, -0.2) is 4.79 Å². The summed E-state index contributed by atoms with van der Waals surface area (Å²) in [5.74, 6) is -0.504. The van der Waals surface area contributed by atoms with Gasteiger partial charge < -0.3 is 4.74 Å². The van der Waals surface area contributed by atoms with Gasteiger partial charge in [-0.05, 0) is 18.7 Å². The van der Waals surface area contributed by atoms with E-state index in [9.17, 15) is 10.1 Å². The highest BCUT2D eigenvalue weighted by molar-refractivity contribution is 8.00. The number of benzene rings is 1. The van der Waals surface area contributed by atoms with Crippen molar-refractivity contribution < 1.29 is 9.53 Å². The zero-order chi connectivity index (χ0) is 12.0. The first-order chi connectivity index (χ1) is 7.71. The maximum absolute atomic E-state index is 11.9. The van der Waals surface area contributed by atoms with Gasteiger partial charge in [-0.1, -0.05) is 30.3 Å². The van der Waals surface area contributed by atoms with Crippen LogP contribution in [0.2, 0.25) is 0 Å². The largest absolute Gasteiger partial charge is 0.464 e. The van der Waals surface area contributed by atoms with Gasteiger partial charge in [-0.2, -0.15) is 5.26 Å². The van der Waals surface area contributed by atoms with Gasteiger partial charge in [0.1, 0.15) is 0 Å². The van der Waals surface area contributed by atoms with Crippen LogP contribution in [0, 0.1) is 11.3 Å². The fraction of sp³-hybridized carbons (Fsp3) is 0.333. The van der Waals surface area contributed by atoms with E-state index in [2.05, 4.69) is 6.07 Å². The molecule has 0 aromatic heterocycles. The van der Waals surface area contributed by atoms with Crippen LogP contribution in [0.4, 0.5) is 0 Å². The topological polar surface area (TPSA) is 50.1 Å². The lowest BCUT2D eigenvalue weighted by Gasteiger charge is -2.22. The van der Waals surface area contributed by atoms with Crippen molar-refractivity contribution in [1.82, 2.24) is 0 Å². The Morgan fingerprint density at radius 1 is 1.50 bits per heavy atom. The maximum Gasteiger partial charge on any atom is 0.341 e. The second-order valence-electron chi connectivity index (χ2n) is 3.08. The Morgan fingerprint density at radius 2 is 2.12 bits per heavy atom. The number of esters is 1. The second kappa shape index (κ2) is 5.57. The van der Waals surface area contributed by atoms with E-state index in [4.69, 9.17) is 4.74 Å². The Kier molecular flexibility index (Phi) is 4.39. The van der Waals surface area contributed by atoms with Crippen molar-refractivity contribution >= 4 is 17.7 Å². The molecule has 0 aliphatic heterocycles. The minimum Gasteiger partial charge on any atom is -0.464 e. The van der Waals surface area contributed by atoms with Crippen LogP contribution in [0.25, 0.3) is 0 Å². The van der Waals surface area contributed by atoms with E-state index >= 15 is 0 Å². The van der Waals surface area contributed by atoms with E-state index < -0.39 is 10.7 Å². The molecule has 0 saturated carbocycles. The summed E-state index contributed by atoms with van der Waals surface area (Å²) in [6.07, 6.45) is 1.73. The number of carbonyl (C=O) groups excluding carboxylic acids is 1. The summed E-state index contributed by atoms with van der Waals surface area (Å²) < 4.78 is 3.71. The molecule has 0 N–H and O–H groups in total. The fourth-order valence-electron chi connectivity index (χ4n) is 1.38. The number of nitriles is 1. The molecule has 0 amide bonds. The molecule has 0 fully saturated rings. The molecule has 0 radical (unpaired) electrons. The molecule has 0 spiro atoms. The molecular formula is C12H13NO2S. The van der Waals surface area contributed by atoms with Gasteiger partial charge >= 0.3 is 5.97 Å². The third-order valence-corrected chi connectivity index (χ3v) is 3.31. The minimum absolute atomic E-state index is 0.273. The van der Waals surface area contributed by atoms with Gasteiger partial charge in [0.25, 0.3) is 0 Å². The van der Waals surface area contributed by atoms with Gasteiger partial charge in [0.15, 0.2) is 0 Å². The standard InChI is InChI=1S/C12H13NO2S/c1-3-15-11(14)12(9-13,16-2)10-7-5-4-6-8-10/h4-8H,3H2,1-2H3. The number of thioether (sulfide) groups is 1. The van der Waals surface area contributed by atoms with Crippen LogP contribution >= 0.6 is 11.8 Å². The average Bonchev–Trinajstić information content (AvgIpc) is 2.33. The first-order valence-electron chi connectivity index (χ1n) is 4.90. The third-order valence-electron chi connectivity index (χ3n) is 2.21. The molecule has 0 heterocycles. The van der Waals surface area contributed by atoms with Crippen molar-refractivity contribution in [3.05, 3.63) is 35.9 Å². The molecule has 16 heavy (non-hydrogen) atoms. The number of nitrogens with zero attached hydrogens (tertiary/aromatic N) is 1. The smallest absolute Gasteiger partial charge is 0.341 e. The van der Waals surface area contributed by atoms with Crippen LogP contribution in [-0.2, 0) is 14.3 Å². The van der Waals surface area contributed by atoms with E-state index in [0.717, 1.165) is 0 Å². The maximum atomic E-state index is 11.9. The lowest BCUT2D eigenvalue weighted by molar-refractivity contribution is -0.144. The highest BCUT2D eigenvalue weighted by Crippen LogP contribution is 2.35. The summed E-state index contributed by atoms with van der Waals surface area (Å²) in [7, 11) is 0. The number of rotatable bonds is 4. The molecule has 0 bridgehead atoms. The van der Waals surface area contributed by atoms with E-state index in [-0.39, 0.29) is 6.61 Å². The van der Waals surface area contributed by atoms with Crippen molar-refractivity contribution in [3.8, 4) is 6.07 Å². The van der Waals surface area contributed by atoms with E-state index in [1.807, 2.05) is 6.07 Å². The lowest BCUT2D eigenvalue weighted by Crippen LogP contribution is -2.32. The normalized spacial score (nSPS) is 13.6. The Hall–Kier alpha value is -1.47. The monoisotopic (exact) mass is 235 g/mol. The van der Waals surface area contributed by atoms with Crippen molar-refractivity contribution in [2.24, 2.45) is 0 Å². The first kappa shape index (κ1) is 12.6. The van der Waals surface area contributed by atoms with Crippen LogP contribution in [0.3, 0.4) is 0 Å². The Labute approximate surface area is 99.4 Å². The van der Waals surface area contributed by atoms with Crippen LogP contribution in [0.1, 0.15) is 12.5 Å². The van der Waals surface area contributed by atoms with Crippen LogP contribution in [0.5, 0.6) is 0 Å². The highest BCUT2D eigenvalue weighted by atomic mass is 32.2. The minimum atomic E-state index is -1.25. The predicted octanol–water partition coefficient (Wildman–Crippen LogP) is 2.33. The Morgan fingerprint density at radius 3 is 2.56 bits per heavy atom. The Balaban J connectivity index is 3.17. The Bertz CT molecular complexity index is 399. The zero-order valence-corrected chi connectivity index (χ0v) is 10.1. The van der Waals surface area contributed by atoms with Crippen LogP contribution in [0.15, 0.2) is 30.3 Å². The summed E-state index contributed by atoms with van der Waals surface area (Å²) in [4.78, 5) is 11.9. The van der Waals surface area contributed by atoms with Gasteiger partial charge in [0, 0.05) is 0 Å². The molecule has 1 atom stereocenters. The summed E-state index contributed by atoms with van der Waals surface area (Å²) in [5, 5.41) is 9.26. The molecule has 0 aliphatic carbocycles.